The molecule has 19 heavy (non-hydrogen) atoms. The molecule has 1 saturated heterocycles. The number of amides is 1. The van der Waals surface area contributed by atoms with E-state index < -0.39 is 0 Å². The Morgan fingerprint density at radius 2 is 2.00 bits per heavy atom. The van der Waals surface area contributed by atoms with Crippen molar-refractivity contribution in [3.8, 4) is 0 Å². The predicted molar refractivity (Wildman–Crippen MR) is 79.9 cm³/mol. The number of hydrogen-bond acceptors (Lipinski definition) is 3. The van der Waals surface area contributed by atoms with Gasteiger partial charge in [0.1, 0.15) is 0 Å². The lowest BCUT2D eigenvalue weighted by molar-refractivity contribution is -0.123. The molecule has 1 aliphatic rings. The summed E-state index contributed by atoms with van der Waals surface area (Å²) in [6, 6.07) is 0.330. The van der Waals surface area contributed by atoms with Crippen LogP contribution in [0, 0.1) is 11.8 Å². The molecule has 2 atom stereocenters. The number of rotatable bonds is 7. The Morgan fingerprint density at radius 3 is 2.53 bits per heavy atom. The highest BCUT2D eigenvalue weighted by Crippen LogP contribution is 2.25. The van der Waals surface area contributed by atoms with E-state index >= 15 is 0 Å². The molecule has 112 valence electrons. The lowest BCUT2D eigenvalue weighted by Crippen LogP contribution is -2.48. The Hall–Kier alpha value is -0.610. The second kappa shape index (κ2) is 8.54. The molecule has 0 aromatic carbocycles. The Kier molecular flexibility index (Phi) is 7.39. The van der Waals surface area contributed by atoms with Gasteiger partial charge in [0, 0.05) is 12.6 Å². The fourth-order valence-corrected chi connectivity index (χ4v) is 3.04. The van der Waals surface area contributed by atoms with Crippen LogP contribution >= 0.6 is 0 Å². The second-order valence-electron chi connectivity index (χ2n) is 5.77. The molecule has 1 amide bonds. The first-order chi connectivity index (χ1) is 9.14. The van der Waals surface area contributed by atoms with E-state index in [2.05, 4.69) is 31.0 Å². The van der Waals surface area contributed by atoms with Crippen molar-refractivity contribution in [3.63, 3.8) is 0 Å². The lowest BCUT2D eigenvalue weighted by atomic mass is 9.84. The highest BCUT2D eigenvalue weighted by Gasteiger charge is 2.27. The average molecular weight is 269 g/mol. The van der Waals surface area contributed by atoms with Crippen LogP contribution in [0.15, 0.2) is 0 Å². The van der Waals surface area contributed by atoms with Crippen molar-refractivity contribution in [2.75, 3.05) is 26.2 Å². The number of nitrogens with zero attached hydrogens (tertiary/aromatic N) is 1. The fourth-order valence-electron chi connectivity index (χ4n) is 3.04. The average Bonchev–Trinajstić information content (AvgIpc) is 2.44. The number of hydrogen-bond donors (Lipinski definition) is 2. The molecular weight excluding hydrogens is 238 g/mol. The monoisotopic (exact) mass is 269 g/mol. The molecule has 0 bridgehead atoms. The summed E-state index contributed by atoms with van der Waals surface area (Å²) in [7, 11) is 0. The first-order valence-electron chi connectivity index (χ1n) is 7.86. The molecule has 0 aromatic heterocycles. The third-order valence-electron chi connectivity index (χ3n) is 4.52. The van der Waals surface area contributed by atoms with Gasteiger partial charge in [0.15, 0.2) is 0 Å². The zero-order chi connectivity index (χ0) is 14.3. The predicted octanol–water partition coefficient (Wildman–Crippen LogP) is 1.60. The molecule has 3 N–H and O–H groups in total. The van der Waals surface area contributed by atoms with Crippen molar-refractivity contribution in [1.82, 2.24) is 10.2 Å². The third-order valence-corrected chi connectivity index (χ3v) is 4.52. The van der Waals surface area contributed by atoms with Crippen molar-refractivity contribution in [3.05, 3.63) is 0 Å². The molecule has 1 rings (SSSR count). The maximum Gasteiger partial charge on any atom is 0.234 e. The number of nitrogens with one attached hydrogen (secondary N) is 1. The zero-order valence-corrected chi connectivity index (χ0v) is 12.8. The first-order valence-corrected chi connectivity index (χ1v) is 7.86. The summed E-state index contributed by atoms with van der Waals surface area (Å²) in [6.45, 7) is 9.82. The molecule has 1 aliphatic heterocycles. The Morgan fingerprint density at radius 1 is 1.32 bits per heavy atom. The minimum absolute atomic E-state index is 0.176. The number of nitrogens with two attached hydrogens (primary N) is 1. The van der Waals surface area contributed by atoms with Gasteiger partial charge < -0.3 is 11.1 Å². The van der Waals surface area contributed by atoms with Crippen LogP contribution in [0.5, 0.6) is 0 Å². The van der Waals surface area contributed by atoms with Crippen LogP contribution in [0.4, 0.5) is 0 Å². The summed E-state index contributed by atoms with van der Waals surface area (Å²) < 4.78 is 0. The fraction of sp³-hybridized carbons (Fsp3) is 0.933. The molecule has 1 fully saturated rings. The van der Waals surface area contributed by atoms with Gasteiger partial charge in [0.25, 0.3) is 0 Å². The first kappa shape index (κ1) is 16.4. The smallest absolute Gasteiger partial charge is 0.234 e. The van der Waals surface area contributed by atoms with E-state index in [9.17, 15) is 4.79 Å². The van der Waals surface area contributed by atoms with Crippen LogP contribution in [0.3, 0.4) is 0 Å². The molecule has 0 aromatic rings. The van der Waals surface area contributed by atoms with Gasteiger partial charge in [-0.2, -0.15) is 0 Å². The van der Waals surface area contributed by atoms with Gasteiger partial charge in [-0.1, -0.05) is 27.2 Å². The van der Waals surface area contributed by atoms with Crippen LogP contribution < -0.4 is 11.1 Å². The SMILES string of the molecule is CCC(CC)NC(=O)CN1CCC(CN)C(CC)C1. The normalized spacial score (nSPS) is 24.7. The van der Waals surface area contributed by atoms with Crippen molar-refractivity contribution in [1.29, 1.82) is 0 Å². The van der Waals surface area contributed by atoms with E-state index in [1.165, 1.54) is 0 Å². The zero-order valence-electron chi connectivity index (χ0n) is 12.8. The van der Waals surface area contributed by atoms with Gasteiger partial charge in [0.2, 0.25) is 5.91 Å². The van der Waals surface area contributed by atoms with Crippen LogP contribution in [0.1, 0.15) is 46.5 Å². The Balaban J connectivity index is 2.39. The summed E-state index contributed by atoms with van der Waals surface area (Å²) in [4.78, 5) is 14.3. The van der Waals surface area contributed by atoms with E-state index in [-0.39, 0.29) is 5.91 Å². The molecular formula is C15H31N3O. The van der Waals surface area contributed by atoms with Gasteiger partial charge in [0.05, 0.1) is 6.54 Å². The number of carbonyl (C=O) groups is 1. The number of carbonyl (C=O) groups excluding carboxylic acids is 1. The number of likely N-dealkylation sites (tertiary alicyclic amines) is 1. The molecule has 0 spiro atoms. The van der Waals surface area contributed by atoms with Crippen molar-refractivity contribution < 1.29 is 4.79 Å². The topological polar surface area (TPSA) is 58.4 Å². The Bertz CT molecular complexity index is 266. The van der Waals surface area contributed by atoms with Gasteiger partial charge in [-0.3, -0.25) is 9.69 Å². The third kappa shape index (κ3) is 5.11. The molecule has 2 unspecified atom stereocenters. The summed E-state index contributed by atoms with van der Waals surface area (Å²) in [5, 5.41) is 3.12. The van der Waals surface area contributed by atoms with Crippen LogP contribution in [-0.4, -0.2) is 43.0 Å². The maximum absolute atomic E-state index is 12.0. The van der Waals surface area contributed by atoms with Crippen LogP contribution in [-0.2, 0) is 4.79 Å². The van der Waals surface area contributed by atoms with Gasteiger partial charge in [-0.05, 0) is 44.2 Å². The summed E-state index contributed by atoms with van der Waals surface area (Å²) >= 11 is 0. The lowest BCUT2D eigenvalue weighted by Gasteiger charge is -2.37. The Labute approximate surface area is 118 Å². The van der Waals surface area contributed by atoms with Crippen molar-refractivity contribution >= 4 is 5.91 Å². The highest BCUT2D eigenvalue weighted by atomic mass is 16.2. The van der Waals surface area contributed by atoms with Gasteiger partial charge in [-0.25, -0.2) is 0 Å². The summed E-state index contributed by atoms with van der Waals surface area (Å²) in [6.07, 6.45) is 4.31. The van der Waals surface area contributed by atoms with Crippen molar-refractivity contribution in [2.24, 2.45) is 17.6 Å². The quantitative estimate of drug-likeness (QED) is 0.738. The van der Waals surface area contributed by atoms with Gasteiger partial charge in [-0.15, -0.1) is 0 Å². The molecule has 1 heterocycles. The minimum Gasteiger partial charge on any atom is -0.352 e. The number of piperidine rings is 1. The van der Waals surface area contributed by atoms with Crippen LogP contribution in [0.2, 0.25) is 0 Å². The molecule has 4 heteroatoms. The summed E-state index contributed by atoms with van der Waals surface area (Å²) in [5.41, 5.74) is 5.82. The van der Waals surface area contributed by atoms with E-state index in [4.69, 9.17) is 5.73 Å². The van der Waals surface area contributed by atoms with Crippen molar-refractivity contribution in [2.45, 2.75) is 52.5 Å². The largest absolute Gasteiger partial charge is 0.352 e. The van der Waals surface area contributed by atoms with E-state index in [0.29, 0.717) is 24.4 Å². The highest BCUT2D eigenvalue weighted by molar-refractivity contribution is 5.78. The molecule has 0 saturated carbocycles. The van der Waals surface area contributed by atoms with E-state index in [1.54, 1.807) is 0 Å². The second-order valence-corrected chi connectivity index (χ2v) is 5.77. The maximum atomic E-state index is 12.0. The molecule has 0 radical (unpaired) electrons. The molecule has 4 nitrogen and oxygen atoms in total. The van der Waals surface area contributed by atoms with Crippen LogP contribution in [0.25, 0.3) is 0 Å². The van der Waals surface area contributed by atoms with E-state index in [1.807, 2.05) is 0 Å². The molecule has 0 aliphatic carbocycles. The van der Waals surface area contributed by atoms with E-state index in [0.717, 1.165) is 45.3 Å². The van der Waals surface area contributed by atoms with Gasteiger partial charge >= 0.3 is 0 Å². The summed E-state index contributed by atoms with van der Waals surface area (Å²) in [5.74, 6) is 1.47. The standard InChI is InChI=1S/C15H31N3O/c1-4-12-10-18(8-7-13(12)9-16)11-15(19)17-14(5-2)6-3/h12-14H,4-11,16H2,1-3H3,(H,17,19). The minimum atomic E-state index is 0.176.